The van der Waals surface area contributed by atoms with Crippen molar-refractivity contribution in [1.82, 2.24) is 0 Å². The van der Waals surface area contributed by atoms with E-state index in [1.54, 1.807) is 11.6 Å². The van der Waals surface area contributed by atoms with E-state index in [2.05, 4.69) is 33.8 Å². The van der Waals surface area contributed by atoms with Gasteiger partial charge in [0.25, 0.3) is 0 Å². The minimum atomic E-state index is -0.0526. The molecule has 4 rings (SSSR count). The molecule has 0 heterocycles. The van der Waals surface area contributed by atoms with Crippen LogP contribution in [0.5, 0.6) is 0 Å². The first-order valence-corrected chi connectivity index (χ1v) is 10.2. The minimum Gasteiger partial charge on any atom is -0.295 e. The van der Waals surface area contributed by atoms with E-state index in [9.17, 15) is 9.59 Å². The summed E-state index contributed by atoms with van der Waals surface area (Å²) in [5.41, 5.74) is 2.72. The molecule has 2 heteroatoms. The molecule has 136 valence electrons. The Morgan fingerprint density at radius 2 is 1.88 bits per heavy atom. The van der Waals surface area contributed by atoms with Crippen LogP contribution in [0.2, 0.25) is 0 Å². The topological polar surface area (TPSA) is 34.1 Å². The van der Waals surface area contributed by atoms with Crippen molar-refractivity contribution in [3.8, 4) is 0 Å². The number of carbonyl (C=O) groups excluding carboxylic acids is 2. The zero-order valence-corrected chi connectivity index (χ0v) is 16.2. The quantitative estimate of drug-likeness (QED) is 0.609. The summed E-state index contributed by atoms with van der Waals surface area (Å²) >= 11 is 0. The van der Waals surface area contributed by atoms with Crippen molar-refractivity contribution in [3.63, 3.8) is 0 Å². The van der Waals surface area contributed by atoms with E-state index in [0.29, 0.717) is 41.9 Å². The minimum absolute atomic E-state index is 0.0526. The molecule has 0 aromatic carbocycles. The van der Waals surface area contributed by atoms with Crippen LogP contribution in [0.4, 0.5) is 0 Å². The Morgan fingerprint density at radius 3 is 2.60 bits per heavy atom. The first-order valence-electron chi connectivity index (χ1n) is 10.2. The Kier molecular flexibility index (Phi) is 3.90. The van der Waals surface area contributed by atoms with Crippen molar-refractivity contribution in [2.75, 3.05) is 0 Å². The Hall–Kier alpha value is -1.18. The van der Waals surface area contributed by atoms with Crippen molar-refractivity contribution >= 4 is 11.6 Å². The molecule has 0 radical (unpaired) electrons. The van der Waals surface area contributed by atoms with Gasteiger partial charge in [-0.05, 0) is 86.5 Å². The summed E-state index contributed by atoms with van der Waals surface area (Å²) in [7, 11) is 0. The molecule has 5 unspecified atom stereocenters. The van der Waals surface area contributed by atoms with Gasteiger partial charge >= 0.3 is 0 Å². The molecule has 0 aliphatic heterocycles. The molecule has 2 nitrogen and oxygen atoms in total. The summed E-state index contributed by atoms with van der Waals surface area (Å²) in [5.74, 6) is 2.91. The van der Waals surface area contributed by atoms with Crippen molar-refractivity contribution in [3.05, 3.63) is 23.3 Å². The van der Waals surface area contributed by atoms with Crippen LogP contribution in [0.1, 0.15) is 72.6 Å². The van der Waals surface area contributed by atoms with Crippen LogP contribution in [0.3, 0.4) is 0 Å². The van der Waals surface area contributed by atoms with Crippen LogP contribution in [0.25, 0.3) is 0 Å². The monoisotopic (exact) mass is 340 g/mol. The van der Waals surface area contributed by atoms with Gasteiger partial charge in [0, 0.05) is 18.4 Å². The molecule has 25 heavy (non-hydrogen) atoms. The zero-order chi connectivity index (χ0) is 18.0. The molecule has 4 aliphatic carbocycles. The van der Waals surface area contributed by atoms with E-state index in [-0.39, 0.29) is 17.0 Å². The number of allylic oxidation sites excluding steroid dienone is 3. The number of Topliss-reactive ketones (excluding diaryl/α,β-unsaturated/α-hetero) is 1. The van der Waals surface area contributed by atoms with Gasteiger partial charge in [-0.2, -0.15) is 0 Å². The van der Waals surface area contributed by atoms with Crippen LogP contribution in [0.15, 0.2) is 23.3 Å². The maximum Gasteiger partial charge on any atom is 0.159 e. The van der Waals surface area contributed by atoms with Crippen LogP contribution in [-0.2, 0) is 9.59 Å². The molecular weight excluding hydrogens is 308 g/mol. The van der Waals surface area contributed by atoms with Gasteiger partial charge in [0.15, 0.2) is 11.6 Å². The number of hydrogen-bond acceptors (Lipinski definition) is 2. The highest BCUT2D eigenvalue weighted by Crippen LogP contribution is 2.66. The standard InChI is InChI=1S/C23H32O2/c1-5-14(2)17-6-7-18-16-13-21(25)20-12-15(24)8-10-23(20,4)19(16)9-11-22(17,18)3/h5,12,16-19H,6-11,13H2,1-4H3/b14-5+/t16?,17-,18?,19?,22?,23?/m1/s1. The lowest BCUT2D eigenvalue weighted by molar-refractivity contribution is -0.131. The maximum absolute atomic E-state index is 13.0. The fourth-order valence-electron chi connectivity index (χ4n) is 7.34. The fraction of sp³-hybridized carbons (Fsp3) is 0.739. The van der Waals surface area contributed by atoms with Gasteiger partial charge in [-0.25, -0.2) is 0 Å². The molecular formula is C23H32O2. The van der Waals surface area contributed by atoms with E-state index < -0.39 is 0 Å². The third-order valence-corrected chi connectivity index (χ3v) is 8.79. The maximum atomic E-state index is 13.0. The largest absolute Gasteiger partial charge is 0.295 e. The number of carbonyl (C=O) groups is 2. The summed E-state index contributed by atoms with van der Waals surface area (Å²) in [6.07, 6.45) is 11.2. The number of fused-ring (bicyclic) bond motifs is 5. The second-order valence-corrected chi connectivity index (χ2v) is 9.65. The second kappa shape index (κ2) is 5.66. The average Bonchev–Trinajstić information content (AvgIpc) is 2.93. The number of hydrogen-bond donors (Lipinski definition) is 0. The smallest absolute Gasteiger partial charge is 0.159 e. The molecule has 0 aromatic heterocycles. The summed E-state index contributed by atoms with van der Waals surface area (Å²) in [6.45, 7) is 9.25. The average molecular weight is 341 g/mol. The highest BCUT2D eigenvalue weighted by atomic mass is 16.1. The van der Waals surface area contributed by atoms with Gasteiger partial charge in [-0.1, -0.05) is 25.5 Å². The van der Waals surface area contributed by atoms with Gasteiger partial charge in [0.05, 0.1) is 0 Å². The summed E-state index contributed by atoms with van der Waals surface area (Å²) in [4.78, 5) is 24.9. The van der Waals surface area contributed by atoms with Crippen LogP contribution in [0, 0.1) is 34.5 Å². The molecule has 0 aromatic rings. The van der Waals surface area contributed by atoms with E-state index in [1.165, 1.54) is 25.7 Å². The lowest BCUT2D eigenvalue weighted by Crippen LogP contribution is -2.52. The molecule has 6 atom stereocenters. The fourth-order valence-corrected chi connectivity index (χ4v) is 7.34. The van der Waals surface area contributed by atoms with Gasteiger partial charge < -0.3 is 0 Å². The summed E-state index contributed by atoms with van der Waals surface area (Å²) in [5, 5.41) is 0. The van der Waals surface area contributed by atoms with Crippen molar-refractivity contribution in [2.45, 2.75) is 72.6 Å². The normalized spacial score (nSPS) is 47.0. The van der Waals surface area contributed by atoms with Gasteiger partial charge in [0.1, 0.15) is 0 Å². The van der Waals surface area contributed by atoms with Crippen LogP contribution < -0.4 is 0 Å². The van der Waals surface area contributed by atoms with E-state index in [0.717, 1.165) is 12.0 Å². The molecule has 0 spiro atoms. The van der Waals surface area contributed by atoms with Gasteiger partial charge in [-0.3, -0.25) is 9.59 Å². The number of ketones is 2. The summed E-state index contributed by atoms with van der Waals surface area (Å²) < 4.78 is 0. The predicted molar refractivity (Wildman–Crippen MR) is 100 cm³/mol. The van der Waals surface area contributed by atoms with Crippen molar-refractivity contribution < 1.29 is 9.59 Å². The Labute approximate surface area is 152 Å². The lowest BCUT2D eigenvalue weighted by atomic mass is 9.46. The molecule has 0 amide bonds. The Morgan fingerprint density at radius 1 is 1.12 bits per heavy atom. The highest BCUT2D eigenvalue weighted by molar-refractivity contribution is 6.05. The van der Waals surface area contributed by atoms with Crippen molar-refractivity contribution in [2.24, 2.45) is 34.5 Å². The van der Waals surface area contributed by atoms with Gasteiger partial charge in [-0.15, -0.1) is 0 Å². The lowest BCUT2D eigenvalue weighted by Gasteiger charge is -2.57. The number of rotatable bonds is 1. The van der Waals surface area contributed by atoms with Crippen LogP contribution in [-0.4, -0.2) is 11.6 Å². The van der Waals surface area contributed by atoms with E-state index >= 15 is 0 Å². The molecule has 3 saturated carbocycles. The Balaban J connectivity index is 1.71. The molecule has 4 aliphatic rings. The first kappa shape index (κ1) is 17.2. The molecule has 0 bridgehead atoms. The molecule has 0 saturated heterocycles. The van der Waals surface area contributed by atoms with Crippen LogP contribution >= 0.6 is 0 Å². The zero-order valence-electron chi connectivity index (χ0n) is 16.2. The molecule has 3 fully saturated rings. The SMILES string of the molecule is C/C=C(\C)[C@H]1CCC2C3CC(=O)C4=CC(=O)CCC4(C)C3CCC21C. The van der Waals surface area contributed by atoms with Crippen molar-refractivity contribution in [1.29, 1.82) is 0 Å². The predicted octanol–water partition coefficient (Wildman–Crippen LogP) is 5.28. The second-order valence-electron chi connectivity index (χ2n) is 9.65. The van der Waals surface area contributed by atoms with E-state index in [1.807, 2.05) is 0 Å². The summed E-state index contributed by atoms with van der Waals surface area (Å²) in [6, 6.07) is 0. The third kappa shape index (κ3) is 2.28. The molecule has 0 N–H and O–H groups in total. The third-order valence-electron chi connectivity index (χ3n) is 8.79. The first-order chi connectivity index (χ1) is 11.8. The van der Waals surface area contributed by atoms with E-state index in [4.69, 9.17) is 0 Å². The Bertz CT molecular complexity index is 684. The highest BCUT2D eigenvalue weighted by Gasteiger charge is 2.60. The van der Waals surface area contributed by atoms with Gasteiger partial charge in [0.2, 0.25) is 0 Å².